The van der Waals surface area contributed by atoms with Crippen LogP contribution in [0.3, 0.4) is 0 Å². The van der Waals surface area contributed by atoms with E-state index in [1.807, 2.05) is 18.7 Å². The molecule has 6 heteroatoms. The van der Waals surface area contributed by atoms with Gasteiger partial charge in [-0.3, -0.25) is 9.59 Å². The van der Waals surface area contributed by atoms with E-state index in [-0.39, 0.29) is 17.9 Å². The highest BCUT2D eigenvalue weighted by Gasteiger charge is 2.24. The molecule has 0 radical (unpaired) electrons. The minimum Gasteiger partial charge on any atom is -0.343 e. The number of piperidine rings is 1. The molecular weight excluding hydrogens is 359 g/mol. The summed E-state index contributed by atoms with van der Waals surface area (Å²) in [5.41, 5.74) is 0.428. The minimum absolute atomic E-state index is 0.0356. The van der Waals surface area contributed by atoms with Gasteiger partial charge in [-0.15, -0.1) is 0 Å². The highest BCUT2D eigenvalue weighted by atomic mass is 35.5. The number of carbonyl (C=O) groups is 2. The van der Waals surface area contributed by atoms with E-state index in [2.05, 4.69) is 0 Å². The first kappa shape index (κ1) is 20.1. The first-order valence-corrected chi connectivity index (χ1v) is 9.73. The van der Waals surface area contributed by atoms with Crippen molar-refractivity contribution < 1.29 is 9.59 Å². The van der Waals surface area contributed by atoms with Crippen LogP contribution in [0, 0.1) is 0 Å². The lowest BCUT2D eigenvalue weighted by Gasteiger charge is -2.31. The molecule has 25 heavy (non-hydrogen) atoms. The van der Waals surface area contributed by atoms with Crippen molar-refractivity contribution in [3.63, 3.8) is 0 Å². The van der Waals surface area contributed by atoms with Gasteiger partial charge in [0.25, 0.3) is 5.91 Å². The lowest BCUT2D eigenvalue weighted by Crippen LogP contribution is -2.42. The number of rotatable bonds is 6. The minimum atomic E-state index is -0.150. The fraction of sp³-hybridized carbons (Fsp3) is 0.579. The Balaban J connectivity index is 2.07. The molecule has 2 rings (SSSR count). The Kier molecular flexibility index (Phi) is 7.57. The second-order valence-corrected chi connectivity index (χ2v) is 7.42. The first-order valence-electron chi connectivity index (χ1n) is 8.97. The number of likely N-dealkylation sites (tertiary alicyclic amines) is 1. The fourth-order valence-electron chi connectivity index (χ4n) is 3.08. The van der Waals surface area contributed by atoms with E-state index in [4.69, 9.17) is 23.2 Å². The van der Waals surface area contributed by atoms with Crippen molar-refractivity contribution in [2.75, 3.05) is 19.6 Å². The number of benzene rings is 1. The Morgan fingerprint density at radius 1 is 1.20 bits per heavy atom. The standard InChI is InChI=1S/C19H26Cl2N2O2/c1-3-14(2)23(12-9-18(24)22-10-5-4-6-11-22)19(25)16-8-7-15(20)13-17(16)21/h7-8,13-14H,3-6,9-12H2,1-2H3. The van der Waals surface area contributed by atoms with Gasteiger partial charge < -0.3 is 9.80 Å². The number of halogens is 2. The van der Waals surface area contributed by atoms with Crippen molar-refractivity contribution in [2.24, 2.45) is 0 Å². The first-order chi connectivity index (χ1) is 11.9. The number of nitrogens with zero attached hydrogens (tertiary/aromatic N) is 2. The third-order valence-corrected chi connectivity index (χ3v) is 5.37. The molecule has 1 aliphatic heterocycles. The Labute approximate surface area is 160 Å². The van der Waals surface area contributed by atoms with Gasteiger partial charge in [-0.2, -0.15) is 0 Å². The lowest BCUT2D eigenvalue weighted by atomic mass is 10.1. The average molecular weight is 385 g/mol. The molecule has 1 aliphatic rings. The van der Waals surface area contributed by atoms with Gasteiger partial charge in [0.05, 0.1) is 10.6 Å². The van der Waals surface area contributed by atoms with E-state index in [0.29, 0.717) is 28.6 Å². The Morgan fingerprint density at radius 3 is 2.48 bits per heavy atom. The fourth-order valence-corrected chi connectivity index (χ4v) is 3.57. The Bertz CT molecular complexity index is 615. The molecule has 0 aliphatic carbocycles. The Hall–Kier alpha value is -1.26. The van der Waals surface area contributed by atoms with Crippen LogP contribution in [0.4, 0.5) is 0 Å². The van der Waals surface area contributed by atoms with E-state index in [9.17, 15) is 9.59 Å². The van der Waals surface area contributed by atoms with Crippen LogP contribution in [0.15, 0.2) is 18.2 Å². The molecule has 138 valence electrons. The van der Waals surface area contributed by atoms with Crippen LogP contribution in [0.1, 0.15) is 56.3 Å². The largest absolute Gasteiger partial charge is 0.343 e. The van der Waals surface area contributed by atoms with Gasteiger partial charge in [-0.1, -0.05) is 30.1 Å². The van der Waals surface area contributed by atoms with E-state index in [0.717, 1.165) is 32.4 Å². The predicted molar refractivity (Wildman–Crippen MR) is 102 cm³/mol. The van der Waals surface area contributed by atoms with Crippen molar-refractivity contribution in [3.8, 4) is 0 Å². The van der Waals surface area contributed by atoms with Crippen LogP contribution in [0.25, 0.3) is 0 Å². The molecule has 0 spiro atoms. The zero-order valence-electron chi connectivity index (χ0n) is 14.9. The number of amides is 2. The molecule has 1 aromatic carbocycles. The molecular formula is C19H26Cl2N2O2. The highest BCUT2D eigenvalue weighted by molar-refractivity contribution is 6.36. The third-order valence-electron chi connectivity index (χ3n) is 4.82. The van der Waals surface area contributed by atoms with Crippen molar-refractivity contribution >= 4 is 35.0 Å². The van der Waals surface area contributed by atoms with Gasteiger partial charge in [0.15, 0.2) is 0 Å². The van der Waals surface area contributed by atoms with Crippen LogP contribution in [0.5, 0.6) is 0 Å². The summed E-state index contributed by atoms with van der Waals surface area (Å²) >= 11 is 12.1. The summed E-state index contributed by atoms with van der Waals surface area (Å²) in [5, 5.41) is 0.838. The molecule has 4 nitrogen and oxygen atoms in total. The van der Waals surface area contributed by atoms with E-state index in [1.54, 1.807) is 23.1 Å². The van der Waals surface area contributed by atoms with Crippen molar-refractivity contribution in [2.45, 2.75) is 52.0 Å². The third kappa shape index (κ3) is 5.35. The maximum absolute atomic E-state index is 12.9. The topological polar surface area (TPSA) is 40.6 Å². The monoisotopic (exact) mass is 384 g/mol. The molecule has 0 N–H and O–H groups in total. The highest BCUT2D eigenvalue weighted by Crippen LogP contribution is 2.23. The maximum Gasteiger partial charge on any atom is 0.255 e. The van der Waals surface area contributed by atoms with Crippen molar-refractivity contribution in [3.05, 3.63) is 33.8 Å². The number of hydrogen-bond acceptors (Lipinski definition) is 2. The molecule has 0 saturated carbocycles. The average Bonchev–Trinajstić information content (AvgIpc) is 2.61. The second kappa shape index (κ2) is 9.44. The number of carbonyl (C=O) groups excluding carboxylic acids is 2. The normalized spacial score (nSPS) is 15.8. The van der Waals surface area contributed by atoms with Gasteiger partial charge in [-0.25, -0.2) is 0 Å². The molecule has 0 aromatic heterocycles. The molecule has 1 heterocycles. The summed E-state index contributed by atoms with van der Waals surface area (Å²) in [4.78, 5) is 29.0. The van der Waals surface area contributed by atoms with Gasteiger partial charge in [0.1, 0.15) is 0 Å². The second-order valence-electron chi connectivity index (χ2n) is 6.57. The summed E-state index contributed by atoms with van der Waals surface area (Å²) in [6.07, 6.45) is 4.49. The molecule has 1 unspecified atom stereocenters. The van der Waals surface area contributed by atoms with Crippen molar-refractivity contribution in [1.82, 2.24) is 9.80 Å². The number of hydrogen-bond donors (Lipinski definition) is 0. The summed E-state index contributed by atoms with van der Waals surface area (Å²) in [6, 6.07) is 4.92. The molecule has 1 aromatic rings. The molecule has 1 atom stereocenters. The zero-order valence-corrected chi connectivity index (χ0v) is 16.4. The van der Waals surface area contributed by atoms with Gasteiger partial charge in [0, 0.05) is 37.1 Å². The molecule has 1 fully saturated rings. The van der Waals surface area contributed by atoms with Gasteiger partial charge in [-0.05, 0) is 50.8 Å². The lowest BCUT2D eigenvalue weighted by molar-refractivity contribution is -0.132. The Morgan fingerprint density at radius 2 is 1.88 bits per heavy atom. The van der Waals surface area contributed by atoms with Crippen LogP contribution >= 0.6 is 23.2 Å². The molecule has 1 saturated heterocycles. The summed E-state index contributed by atoms with van der Waals surface area (Å²) in [5.74, 6) is -0.0227. The molecule has 0 bridgehead atoms. The van der Waals surface area contributed by atoms with E-state index < -0.39 is 0 Å². The van der Waals surface area contributed by atoms with Crippen LogP contribution < -0.4 is 0 Å². The smallest absolute Gasteiger partial charge is 0.255 e. The van der Waals surface area contributed by atoms with Gasteiger partial charge in [0.2, 0.25) is 5.91 Å². The van der Waals surface area contributed by atoms with Gasteiger partial charge >= 0.3 is 0 Å². The van der Waals surface area contributed by atoms with E-state index in [1.165, 1.54) is 6.42 Å². The van der Waals surface area contributed by atoms with Crippen LogP contribution in [-0.2, 0) is 4.79 Å². The quantitative estimate of drug-likeness (QED) is 0.716. The van der Waals surface area contributed by atoms with E-state index >= 15 is 0 Å². The molecule has 2 amide bonds. The SMILES string of the molecule is CCC(C)N(CCC(=O)N1CCCCC1)C(=O)c1ccc(Cl)cc1Cl. The van der Waals surface area contributed by atoms with Crippen molar-refractivity contribution in [1.29, 1.82) is 0 Å². The summed E-state index contributed by atoms with van der Waals surface area (Å²) in [6.45, 7) is 6.09. The predicted octanol–water partition coefficient (Wildman–Crippen LogP) is 4.64. The maximum atomic E-state index is 12.9. The summed E-state index contributed by atoms with van der Waals surface area (Å²) < 4.78 is 0. The zero-order chi connectivity index (χ0) is 18.4. The van der Waals surface area contributed by atoms with Crippen LogP contribution in [-0.4, -0.2) is 47.3 Å². The van der Waals surface area contributed by atoms with Crippen LogP contribution in [0.2, 0.25) is 10.0 Å². The summed E-state index contributed by atoms with van der Waals surface area (Å²) in [7, 11) is 0.